The lowest BCUT2D eigenvalue weighted by Crippen LogP contribution is -2.46. The number of hydrogen-bond acceptors (Lipinski definition) is 4. The van der Waals surface area contributed by atoms with E-state index in [0.29, 0.717) is 5.56 Å². The molecule has 0 fully saturated rings. The summed E-state index contributed by atoms with van der Waals surface area (Å²) in [7, 11) is 0. The molecule has 3 N–H and O–H groups in total. The lowest BCUT2D eigenvalue weighted by molar-refractivity contribution is -0.142. The number of alkyl carbamates (subject to hydrolysis) is 1. The van der Waals surface area contributed by atoms with E-state index in [0.717, 1.165) is 5.56 Å². The highest BCUT2D eigenvalue weighted by Gasteiger charge is 2.31. The number of benzene rings is 1. The number of hydrogen-bond donors (Lipinski definition) is 3. The molecule has 0 unspecified atom stereocenters. The highest BCUT2D eigenvalue weighted by Crippen LogP contribution is 2.18. The zero-order chi connectivity index (χ0) is 16.2. The molecule has 0 bridgehead atoms. The van der Waals surface area contributed by atoms with Crippen molar-refractivity contribution in [3.63, 3.8) is 0 Å². The molecule has 6 nitrogen and oxygen atoms in total. The maximum Gasteiger partial charge on any atom is 0.408 e. The molecule has 1 aromatic carbocycles. The van der Waals surface area contributed by atoms with Gasteiger partial charge in [-0.15, -0.1) is 0 Å². The quantitative estimate of drug-likeness (QED) is 0.789. The van der Waals surface area contributed by atoms with Gasteiger partial charge in [-0.2, -0.15) is 0 Å². The molecule has 0 radical (unpaired) electrons. The first kappa shape index (κ1) is 17.0. The van der Waals surface area contributed by atoms with E-state index in [9.17, 15) is 19.8 Å². The van der Waals surface area contributed by atoms with Crippen molar-refractivity contribution in [3.8, 4) is 0 Å². The van der Waals surface area contributed by atoms with Gasteiger partial charge in [0.25, 0.3) is 0 Å². The van der Waals surface area contributed by atoms with Crippen molar-refractivity contribution in [2.45, 2.75) is 45.4 Å². The minimum Gasteiger partial charge on any atom is -0.480 e. The number of carbonyl (C=O) groups is 2. The van der Waals surface area contributed by atoms with Crippen LogP contribution in [-0.4, -0.2) is 33.9 Å². The number of nitrogens with one attached hydrogen (secondary N) is 1. The third-order valence-electron chi connectivity index (χ3n) is 2.67. The van der Waals surface area contributed by atoms with Crippen molar-refractivity contribution < 1.29 is 24.5 Å². The topological polar surface area (TPSA) is 95.9 Å². The fraction of sp³-hybridized carbons (Fsp3) is 0.467. The molecular formula is C15H21NO5. The lowest BCUT2D eigenvalue weighted by atomic mass is 10.0. The third-order valence-corrected chi connectivity index (χ3v) is 2.67. The number of carboxylic acid groups (broad SMARTS) is 1. The van der Waals surface area contributed by atoms with Crippen LogP contribution in [0, 0.1) is 6.92 Å². The van der Waals surface area contributed by atoms with Crippen LogP contribution in [0.2, 0.25) is 0 Å². The highest BCUT2D eigenvalue weighted by molar-refractivity contribution is 5.80. The molecule has 6 heteroatoms. The second kappa shape index (κ2) is 6.58. The summed E-state index contributed by atoms with van der Waals surface area (Å²) in [6.45, 7) is 6.88. The Kier molecular flexibility index (Phi) is 5.32. The van der Waals surface area contributed by atoms with Gasteiger partial charge >= 0.3 is 12.1 Å². The first-order valence-corrected chi connectivity index (χ1v) is 6.57. The monoisotopic (exact) mass is 295 g/mol. The Hall–Kier alpha value is -2.08. The number of aryl methyl sites for hydroxylation is 1. The van der Waals surface area contributed by atoms with E-state index in [2.05, 4.69) is 5.32 Å². The molecular weight excluding hydrogens is 274 g/mol. The number of carboxylic acids is 1. The fourth-order valence-electron chi connectivity index (χ4n) is 1.67. The van der Waals surface area contributed by atoms with Gasteiger partial charge in [0.1, 0.15) is 11.7 Å². The van der Waals surface area contributed by atoms with Crippen LogP contribution < -0.4 is 5.32 Å². The standard InChI is InChI=1S/C15H21NO5/c1-9-5-7-10(8-6-9)12(17)11(13(18)19)16-14(20)21-15(2,3)4/h5-8,11-12,17H,1-4H3,(H,16,20)(H,18,19)/t11-,12-/m0/s1. The van der Waals surface area contributed by atoms with E-state index in [1.165, 1.54) is 0 Å². The predicted octanol–water partition coefficient (Wildman–Crippen LogP) is 2.01. The van der Waals surface area contributed by atoms with Gasteiger partial charge < -0.3 is 20.3 Å². The average molecular weight is 295 g/mol. The zero-order valence-corrected chi connectivity index (χ0v) is 12.6. The maximum atomic E-state index is 11.7. The van der Waals surface area contributed by atoms with Gasteiger partial charge in [-0.25, -0.2) is 9.59 Å². The van der Waals surface area contributed by atoms with E-state index in [4.69, 9.17) is 4.74 Å². The summed E-state index contributed by atoms with van der Waals surface area (Å²) in [5, 5.41) is 21.5. The molecule has 1 aromatic rings. The van der Waals surface area contributed by atoms with Gasteiger partial charge in [0.15, 0.2) is 6.04 Å². The summed E-state index contributed by atoms with van der Waals surface area (Å²) in [5.74, 6) is -1.34. The van der Waals surface area contributed by atoms with Crippen molar-refractivity contribution >= 4 is 12.1 Å². The molecule has 0 saturated heterocycles. The molecule has 0 aliphatic rings. The number of aliphatic hydroxyl groups is 1. The van der Waals surface area contributed by atoms with Crippen molar-refractivity contribution in [1.82, 2.24) is 5.32 Å². The normalized spacial score (nSPS) is 14.1. The predicted molar refractivity (Wildman–Crippen MR) is 76.9 cm³/mol. The summed E-state index contributed by atoms with van der Waals surface area (Å²) in [4.78, 5) is 22.9. The number of rotatable bonds is 4. The Labute approximate surface area is 123 Å². The highest BCUT2D eigenvalue weighted by atomic mass is 16.6. The van der Waals surface area contributed by atoms with Gasteiger partial charge in [-0.3, -0.25) is 0 Å². The smallest absolute Gasteiger partial charge is 0.408 e. The third kappa shape index (κ3) is 5.43. The van der Waals surface area contributed by atoms with E-state index in [-0.39, 0.29) is 0 Å². The molecule has 116 valence electrons. The number of amides is 1. The second-order valence-electron chi connectivity index (χ2n) is 5.82. The molecule has 21 heavy (non-hydrogen) atoms. The summed E-state index contributed by atoms with van der Waals surface area (Å²) in [5.41, 5.74) is 0.643. The zero-order valence-electron chi connectivity index (χ0n) is 12.6. The molecule has 0 aromatic heterocycles. The van der Waals surface area contributed by atoms with E-state index < -0.39 is 29.8 Å². The minimum atomic E-state index is -1.48. The molecule has 0 heterocycles. The lowest BCUT2D eigenvalue weighted by Gasteiger charge is -2.24. The van der Waals surface area contributed by atoms with Crippen LogP contribution in [0.1, 0.15) is 38.0 Å². The van der Waals surface area contributed by atoms with Crippen LogP contribution in [0.4, 0.5) is 4.79 Å². The van der Waals surface area contributed by atoms with Crippen LogP contribution in [0.3, 0.4) is 0 Å². The van der Waals surface area contributed by atoms with Gasteiger partial charge in [0.05, 0.1) is 0 Å². The Morgan fingerprint density at radius 2 is 1.71 bits per heavy atom. The molecule has 0 aliphatic carbocycles. The van der Waals surface area contributed by atoms with Crippen molar-refractivity contribution in [1.29, 1.82) is 0 Å². The molecule has 0 aliphatic heterocycles. The Bertz CT molecular complexity index is 504. The molecule has 1 rings (SSSR count). The first-order valence-electron chi connectivity index (χ1n) is 6.57. The average Bonchev–Trinajstić information content (AvgIpc) is 2.33. The van der Waals surface area contributed by atoms with Crippen molar-refractivity contribution in [2.75, 3.05) is 0 Å². The number of carbonyl (C=O) groups excluding carboxylic acids is 1. The summed E-state index contributed by atoms with van der Waals surface area (Å²) >= 11 is 0. The van der Waals surface area contributed by atoms with E-state index >= 15 is 0 Å². The Morgan fingerprint density at radius 3 is 2.14 bits per heavy atom. The first-order chi connectivity index (χ1) is 9.60. The summed E-state index contributed by atoms with van der Waals surface area (Å²) in [6, 6.07) is 5.26. The van der Waals surface area contributed by atoms with Crippen molar-refractivity contribution in [2.24, 2.45) is 0 Å². The van der Waals surface area contributed by atoms with Gasteiger partial charge in [-0.1, -0.05) is 29.8 Å². The van der Waals surface area contributed by atoms with Crippen LogP contribution >= 0.6 is 0 Å². The largest absolute Gasteiger partial charge is 0.480 e. The summed E-state index contributed by atoms with van der Waals surface area (Å²) in [6.07, 6.45) is -2.25. The van der Waals surface area contributed by atoms with Gasteiger partial charge in [0.2, 0.25) is 0 Å². The fourth-order valence-corrected chi connectivity index (χ4v) is 1.67. The van der Waals surface area contributed by atoms with Crippen LogP contribution in [-0.2, 0) is 9.53 Å². The Balaban J connectivity index is 2.84. The molecule has 2 atom stereocenters. The summed E-state index contributed by atoms with van der Waals surface area (Å²) < 4.78 is 5.00. The second-order valence-corrected chi connectivity index (χ2v) is 5.82. The van der Waals surface area contributed by atoms with E-state index in [1.54, 1.807) is 45.0 Å². The van der Waals surface area contributed by atoms with Gasteiger partial charge in [-0.05, 0) is 33.3 Å². The van der Waals surface area contributed by atoms with Crippen LogP contribution in [0.15, 0.2) is 24.3 Å². The number of aliphatic hydroxyl groups excluding tert-OH is 1. The van der Waals surface area contributed by atoms with Crippen LogP contribution in [0.5, 0.6) is 0 Å². The molecule has 1 amide bonds. The number of ether oxygens (including phenoxy) is 1. The minimum absolute atomic E-state index is 0.407. The Morgan fingerprint density at radius 1 is 1.19 bits per heavy atom. The molecule has 0 spiro atoms. The van der Waals surface area contributed by atoms with Crippen LogP contribution in [0.25, 0.3) is 0 Å². The SMILES string of the molecule is Cc1ccc([C@H](O)[C@H](NC(=O)OC(C)(C)C)C(=O)O)cc1. The van der Waals surface area contributed by atoms with Gasteiger partial charge in [0, 0.05) is 0 Å². The number of aliphatic carboxylic acids is 1. The maximum absolute atomic E-state index is 11.7. The van der Waals surface area contributed by atoms with E-state index in [1.807, 2.05) is 6.92 Å². The molecule has 0 saturated carbocycles. The van der Waals surface area contributed by atoms with Crippen molar-refractivity contribution in [3.05, 3.63) is 35.4 Å².